The van der Waals surface area contributed by atoms with Crippen LogP contribution in [-0.2, 0) is 26.2 Å². The summed E-state index contributed by atoms with van der Waals surface area (Å²) in [6, 6.07) is 16.0. The van der Waals surface area contributed by atoms with Gasteiger partial charge in [0.2, 0.25) is 11.8 Å². The number of carbonyl (C=O) groups is 2. The van der Waals surface area contributed by atoms with Crippen LogP contribution in [-0.4, -0.2) is 43.8 Å². The molecule has 2 amide bonds. The van der Waals surface area contributed by atoms with Crippen LogP contribution in [0.1, 0.15) is 51.0 Å². The Balaban J connectivity index is 1.74. The molecule has 43 heavy (non-hydrogen) atoms. The van der Waals surface area contributed by atoms with Gasteiger partial charge in [-0.1, -0.05) is 84.7 Å². The molecule has 0 spiro atoms. The molecule has 4 rings (SSSR count). The number of rotatable bonds is 11. The zero-order chi connectivity index (χ0) is 31.1. The molecule has 0 bridgehead atoms. The van der Waals surface area contributed by atoms with Crippen molar-refractivity contribution in [2.45, 2.75) is 69.0 Å². The number of hydrogen-bond donors (Lipinski definition) is 1. The van der Waals surface area contributed by atoms with Crippen molar-refractivity contribution in [2.24, 2.45) is 0 Å². The second-order valence-electron chi connectivity index (χ2n) is 10.4. The summed E-state index contributed by atoms with van der Waals surface area (Å²) in [6.07, 6.45) is 5.20. The quantitative estimate of drug-likeness (QED) is 0.224. The summed E-state index contributed by atoms with van der Waals surface area (Å²) in [5.74, 6) is -0.917. The lowest BCUT2D eigenvalue weighted by molar-refractivity contribution is -0.140. The molecule has 0 aliphatic heterocycles. The van der Waals surface area contributed by atoms with Crippen molar-refractivity contribution in [1.29, 1.82) is 0 Å². The van der Waals surface area contributed by atoms with Crippen LogP contribution in [0, 0.1) is 0 Å². The Bertz CT molecular complexity index is 1530. The van der Waals surface area contributed by atoms with Crippen LogP contribution < -0.4 is 9.62 Å². The summed E-state index contributed by atoms with van der Waals surface area (Å²) in [5.41, 5.74) is 0.643. The van der Waals surface area contributed by atoms with Crippen molar-refractivity contribution in [3.8, 4) is 0 Å². The predicted octanol–water partition coefficient (Wildman–Crippen LogP) is 7.75. The van der Waals surface area contributed by atoms with E-state index in [9.17, 15) is 18.0 Å². The predicted molar refractivity (Wildman–Crippen MR) is 174 cm³/mol. The number of hydrogen-bond acceptors (Lipinski definition) is 4. The van der Waals surface area contributed by atoms with Gasteiger partial charge in [-0.3, -0.25) is 13.9 Å². The Kier molecular flexibility index (Phi) is 11.6. The van der Waals surface area contributed by atoms with Gasteiger partial charge < -0.3 is 10.2 Å². The molecule has 1 aliphatic carbocycles. The van der Waals surface area contributed by atoms with Gasteiger partial charge in [-0.2, -0.15) is 0 Å². The van der Waals surface area contributed by atoms with E-state index in [4.69, 9.17) is 46.4 Å². The molecule has 1 unspecified atom stereocenters. The number of carbonyl (C=O) groups excluding carboxylic acids is 2. The van der Waals surface area contributed by atoms with E-state index in [1.165, 1.54) is 35.2 Å². The topological polar surface area (TPSA) is 86.8 Å². The Labute approximate surface area is 273 Å². The largest absolute Gasteiger partial charge is 0.352 e. The molecule has 3 aromatic rings. The van der Waals surface area contributed by atoms with E-state index in [1.807, 2.05) is 0 Å². The fourth-order valence-corrected chi connectivity index (χ4v) is 7.44. The van der Waals surface area contributed by atoms with Gasteiger partial charge in [0.25, 0.3) is 10.0 Å². The fraction of sp³-hybridized carbons (Fsp3) is 0.355. The van der Waals surface area contributed by atoms with Crippen LogP contribution in [0.5, 0.6) is 0 Å². The van der Waals surface area contributed by atoms with Crippen molar-refractivity contribution in [3.63, 3.8) is 0 Å². The van der Waals surface area contributed by atoms with Gasteiger partial charge >= 0.3 is 0 Å². The molecule has 230 valence electrons. The van der Waals surface area contributed by atoms with E-state index in [-0.39, 0.29) is 35.5 Å². The van der Waals surface area contributed by atoms with E-state index >= 15 is 0 Å². The summed E-state index contributed by atoms with van der Waals surface area (Å²) in [5, 5.41) is 4.42. The molecule has 7 nitrogen and oxygen atoms in total. The molecule has 1 saturated carbocycles. The molecule has 0 radical (unpaired) electrons. The number of amides is 2. The molecule has 3 aromatic carbocycles. The summed E-state index contributed by atoms with van der Waals surface area (Å²) in [7, 11) is -4.26. The molecule has 1 aliphatic rings. The highest BCUT2D eigenvalue weighted by atomic mass is 35.5. The number of nitrogens with one attached hydrogen (secondary N) is 1. The third-order valence-corrected chi connectivity index (χ3v) is 10.5. The van der Waals surface area contributed by atoms with Crippen LogP contribution >= 0.6 is 46.4 Å². The zero-order valence-electron chi connectivity index (χ0n) is 23.6. The monoisotopic (exact) mass is 683 g/mol. The minimum absolute atomic E-state index is 0.0180. The molecule has 0 aromatic heterocycles. The highest BCUT2D eigenvalue weighted by Gasteiger charge is 2.35. The van der Waals surface area contributed by atoms with E-state index < -0.39 is 28.5 Å². The highest BCUT2D eigenvalue weighted by molar-refractivity contribution is 7.92. The highest BCUT2D eigenvalue weighted by Crippen LogP contribution is 2.30. The van der Waals surface area contributed by atoms with Crippen molar-refractivity contribution in [3.05, 3.63) is 92.4 Å². The fourth-order valence-electron chi connectivity index (χ4n) is 5.21. The molecule has 0 saturated heterocycles. The maximum absolute atomic E-state index is 14.3. The third kappa shape index (κ3) is 8.37. The lowest BCUT2D eigenvalue weighted by Gasteiger charge is -2.34. The van der Waals surface area contributed by atoms with Crippen LogP contribution in [0.3, 0.4) is 0 Å². The first-order chi connectivity index (χ1) is 20.5. The zero-order valence-corrected chi connectivity index (χ0v) is 27.5. The second-order valence-corrected chi connectivity index (χ2v) is 14.0. The van der Waals surface area contributed by atoms with E-state index in [0.29, 0.717) is 25.7 Å². The van der Waals surface area contributed by atoms with E-state index in [2.05, 4.69) is 5.32 Å². The number of halogens is 4. The van der Waals surface area contributed by atoms with Crippen molar-refractivity contribution in [2.75, 3.05) is 10.8 Å². The summed E-state index contributed by atoms with van der Waals surface area (Å²) >= 11 is 25.2. The Morgan fingerprint density at radius 3 is 2.12 bits per heavy atom. The Morgan fingerprint density at radius 1 is 0.884 bits per heavy atom. The van der Waals surface area contributed by atoms with Gasteiger partial charge in [-0.15, -0.1) is 0 Å². The smallest absolute Gasteiger partial charge is 0.264 e. The molecule has 1 atom stereocenters. The van der Waals surface area contributed by atoms with Crippen molar-refractivity contribution in [1.82, 2.24) is 10.2 Å². The average molecular weight is 686 g/mol. The summed E-state index contributed by atoms with van der Waals surface area (Å²) < 4.78 is 28.9. The normalized spacial score (nSPS) is 14.6. The number of nitrogens with zero attached hydrogens (tertiary/aromatic N) is 2. The van der Waals surface area contributed by atoms with Gasteiger partial charge in [0, 0.05) is 38.2 Å². The number of benzene rings is 3. The van der Waals surface area contributed by atoms with Gasteiger partial charge in [-0.25, -0.2) is 8.42 Å². The molecule has 12 heteroatoms. The molecule has 1 N–H and O–H groups in total. The Morgan fingerprint density at radius 2 is 1.51 bits per heavy atom. The minimum Gasteiger partial charge on any atom is -0.352 e. The molecule has 1 fully saturated rings. The van der Waals surface area contributed by atoms with E-state index in [1.54, 1.807) is 43.3 Å². The van der Waals surface area contributed by atoms with Crippen LogP contribution in [0.2, 0.25) is 20.1 Å². The van der Waals surface area contributed by atoms with Gasteiger partial charge in [-0.05, 0) is 73.9 Å². The summed E-state index contributed by atoms with van der Waals surface area (Å²) in [6.45, 7) is 1.09. The SMILES string of the molecule is CCC(C(=O)NC1CCCCC1)N(Cc1c(Cl)cccc1Cl)C(=O)CN(c1cccc(Cl)c1)S(=O)(=O)c1ccc(Cl)cc1. The Hall–Kier alpha value is -2.49. The first-order valence-electron chi connectivity index (χ1n) is 14.1. The van der Waals surface area contributed by atoms with Gasteiger partial charge in [0.1, 0.15) is 12.6 Å². The number of sulfonamides is 1. The van der Waals surface area contributed by atoms with Gasteiger partial charge in [0.15, 0.2) is 0 Å². The van der Waals surface area contributed by atoms with Crippen LogP contribution in [0.25, 0.3) is 0 Å². The molecular weight excluding hydrogens is 652 g/mol. The number of anilines is 1. The van der Waals surface area contributed by atoms with Crippen molar-refractivity contribution >= 4 is 73.9 Å². The maximum Gasteiger partial charge on any atom is 0.264 e. The molecule has 0 heterocycles. The second kappa shape index (κ2) is 15.0. The molecular formula is C31H33Cl4N3O4S. The van der Waals surface area contributed by atoms with Gasteiger partial charge in [0.05, 0.1) is 10.6 Å². The first kappa shape index (κ1) is 33.4. The van der Waals surface area contributed by atoms with Crippen LogP contribution in [0.15, 0.2) is 71.6 Å². The standard InChI is InChI=1S/C31H33Cl4N3O4S/c1-2-29(31(40)36-23-9-4-3-5-10-23)37(19-26-27(34)12-7-13-28(26)35)30(39)20-38(24-11-6-8-22(33)18-24)43(41,42)25-16-14-21(32)15-17-25/h6-8,11-18,23,29H,2-5,9-10,19-20H2,1H3,(H,36,40). The summed E-state index contributed by atoms with van der Waals surface area (Å²) in [4.78, 5) is 29.2. The average Bonchev–Trinajstić information content (AvgIpc) is 2.97. The maximum atomic E-state index is 14.3. The van der Waals surface area contributed by atoms with Crippen LogP contribution in [0.4, 0.5) is 5.69 Å². The van der Waals surface area contributed by atoms with E-state index in [0.717, 1.165) is 36.4 Å². The third-order valence-electron chi connectivity index (χ3n) is 7.50. The lowest BCUT2D eigenvalue weighted by Crippen LogP contribution is -2.54. The van der Waals surface area contributed by atoms with Crippen molar-refractivity contribution < 1.29 is 18.0 Å². The lowest BCUT2D eigenvalue weighted by atomic mass is 9.95. The minimum atomic E-state index is -4.26. The first-order valence-corrected chi connectivity index (χ1v) is 17.0.